The Bertz CT molecular complexity index is 329. The molecule has 6 atom stereocenters. The Morgan fingerprint density at radius 1 is 0.889 bits per heavy atom. The molecule has 2 N–H and O–H groups in total. The normalized spacial score (nSPS) is 55.3. The van der Waals surface area contributed by atoms with Gasteiger partial charge in [-0.1, -0.05) is 13.8 Å². The fraction of sp³-hybridized carbons (Fsp3) is 1.00. The molecule has 18 heavy (non-hydrogen) atoms. The van der Waals surface area contributed by atoms with Gasteiger partial charge in [-0.15, -0.1) is 0 Å². The molecule has 0 aliphatic heterocycles. The first-order chi connectivity index (χ1) is 8.49. The van der Waals surface area contributed by atoms with Crippen LogP contribution in [-0.4, -0.2) is 23.4 Å². The zero-order valence-corrected chi connectivity index (χ0v) is 11.9. The lowest BCUT2D eigenvalue weighted by molar-refractivity contribution is 0.0362. The highest BCUT2D eigenvalue weighted by atomic mass is 16.3. The first-order valence-corrected chi connectivity index (χ1v) is 7.70. The molecule has 0 heterocycles. The van der Waals surface area contributed by atoms with Gasteiger partial charge in [-0.3, -0.25) is 0 Å². The lowest BCUT2D eigenvalue weighted by Gasteiger charge is -2.41. The molecule has 0 aromatic carbocycles. The molecule has 2 nitrogen and oxygen atoms in total. The number of hydrogen-bond acceptors (Lipinski definition) is 2. The summed E-state index contributed by atoms with van der Waals surface area (Å²) in [5, 5.41) is 19.3. The lowest BCUT2D eigenvalue weighted by Crippen LogP contribution is -2.34. The van der Waals surface area contributed by atoms with Gasteiger partial charge in [0.15, 0.2) is 0 Å². The van der Waals surface area contributed by atoms with Gasteiger partial charge in [-0.2, -0.15) is 0 Å². The van der Waals surface area contributed by atoms with Crippen molar-refractivity contribution >= 4 is 0 Å². The molecule has 0 spiro atoms. The molecule has 0 amide bonds. The maximum absolute atomic E-state index is 9.66. The Hall–Kier alpha value is -0.0800. The van der Waals surface area contributed by atoms with Crippen molar-refractivity contribution in [3.63, 3.8) is 0 Å². The second-order valence-corrected chi connectivity index (χ2v) is 8.17. The van der Waals surface area contributed by atoms with Gasteiger partial charge in [-0.05, 0) is 73.0 Å². The fourth-order valence-corrected chi connectivity index (χ4v) is 5.48. The maximum Gasteiger partial charge on any atom is 0.0484 e. The summed E-state index contributed by atoms with van der Waals surface area (Å²) >= 11 is 0. The van der Waals surface area contributed by atoms with Crippen LogP contribution < -0.4 is 0 Å². The van der Waals surface area contributed by atoms with Crippen LogP contribution in [0.15, 0.2) is 0 Å². The van der Waals surface area contributed by atoms with Crippen LogP contribution in [0.4, 0.5) is 0 Å². The third-order valence-electron chi connectivity index (χ3n) is 6.45. The van der Waals surface area contributed by atoms with Crippen molar-refractivity contribution in [3.05, 3.63) is 0 Å². The van der Waals surface area contributed by atoms with Gasteiger partial charge in [0.25, 0.3) is 0 Å². The summed E-state index contributed by atoms with van der Waals surface area (Å²) < 4.78 is 0. The summed E-state index contributed by atoms with van der Waals surface area (Å²) in [5.41, 5.74) is 0.356. The SMILES string of the molecule is CC1(CO)CC2CC(C1)C1CC(C)(CO)CCC21. The Labute approximate surface area is 111 Å². The Morgan fingerprint density at radius 2 is 1.50 bits per heavy atom. The summed E-state index contributed by atoms with van der Waals surface area (Å²) in [4.78, 5) is 0. The summed E-state index contributed by atoms with van der Waals surface area (Å²) in [7, 11) is 0. The smallest absolute Gasteiger partial charge is 0.0484 e. The molecule has 3 aliphatic rings. The van der Waals surface area contributed by atoms with Gasteiger partial charge >= 0.3 is 0 Å². The van der Waals surface area contributed by atoms with E-state index in [1.807, 2.05) is 0 Å². The van der Waals surface area contributed by atoms with Gasteiger partial charge in [0.05, 0.1) is 0 Å². The minimum atomic E-state index is 0.175. The van der Waals surface area contributed by atoms with Crippen LogP contribution >= 0.6 is 0 Å². The highest BCUT2D eigenvalue weighted by molar-refractivity contribution is 5.03. The number of aliphatic hydroxyl groups excluding tert-OH is 2. The molecule has 2 bridgehead atoms. The molecular weight excluding hydrogens is 224 g/mol. The minimum Gasteiger partial charge on any atom is -0.396 e. The molecule has 6 unspecified atom stereocenters. The van der Waals surface area contributed by atoms with Crippen LogP contribution in [0.3, 0.4) is 0 Å². The van der Waals surface area contributed by atoms with Crippen LogP contribution in [0.1, 0.15) is 52.4 Å². The van der Waals surface area contributed by atoms with E-state index in [0.717, 1.165) is 23.7 Å². The highest BCUT2D eigenvalue weighted by Gasteiger charge is 2.54. The molecule has 3 saturated carbocycles. The lowest BCUT2D eigenvalue weighted by atomic mass is 9.65. The van der Waals surface area contributed by atoms with E-state index in [9.17, 15) is 10.2 Å². The van der Waals surface area contributed by atoms with Gasteiger partial charge in [0, 0.05) is 13.2 Å². The van der Waals surface area contributed by atoms with Gasteiger partial charge < -0.3 is 10.2 Å². The van der Waals surface area contributed by atoms with E-state index in [0.29, 0.717) is 13.2 Å². The Kier molecular flexibility index (Phi) is 3.02. The van der Waals surface area contributed by atoms with Gasteiger partial charge in [-0.25, -0.2) is 0 Å². The first-order valence-electron chi connectivity index (χ1n) is 7.70. The summed E-state index contributed by atoms with van der Waals surface area (Å²) in [5.74, 6) is 3.39. The molecule has 104 valence electrons. The van der Waals surface area contributed by atoms with Crippen LogP contribution in [0.2, 0.25) is 0 Å². The van der Waals surface area contributed by atoms with Crippen LogP contribution in [0.25, 0.3) is 0 Å². The largest absolute Gasteiger partial charge is 0.396 e. The van der Waals surface area contributed by atoms with E-state index in [4.69, 9.17) is 0 Å². The molecule has 3 fully saturated rings. The van der Waals surface area contributed by atoms with Crippen molar-refractivity contribution in [2.75, 3.05) is 13.2 Å². The monoisotopic (exact) mass is 252 g/mol. The quantitative estimate of drug-likeness (QED) is 0.793. The molecule has 0 radical (unpaired) electrons. The number of rotatable bonds is 2. The third-order valence-corrected chi connectivity index (χ3v) is 6.45. The predicted octanol–water partition coefficient (Wildman–Crippen LogP) is 2.83. The van der Waals surface area contributed by atoms with E-state index in [-0.39, 0.29) is 10.8 Å². The molecule has 0 aromatic rings. The zero-order valence-electron chi connectivity index (χ0n) is 11.9. The second kappa shape index (κ2) is 4.21. The van der Waals surface area contributed by atoms with E-state index in [1.54, 1.807) is 0 Å². The molecular formula is C16H28O2. The van der Waals surface area contributed by atoms with Crippen molar-refractivity contribution in [2.45, 2.75) is 52.4 Å². The first kappa shape index (κ1) is 12.9. The zero-order chi connectivity index (χ0) is 13.0. The van der Waals surface area contributed by atoms with Gasteiger partial charge in [0.1, 0.15) is 0 Å². The van der Waals surface area contributed by atoms with Crippen LogP contribution in [0.5, 0.6) is 0 Å². The Morgan fingerprint density at radius 3 is 2.11 bits per heavy atom. The minimum absolute atomic E-state index is 0.175. The van der Waals surface area contributed by atoms with Crippen LogP contribution in [0, 0.1) is 34.5 Å². The van der Waals surface area contributed by atoms with E-state index < -0.39 is 0 Å². The van der Waals surface area contributed by atoms with E-state index >= 15 is 0 Å². The summed E-state index contributed by atoms with van der Waals surface area (Å²) in [6.45, 7) is 5.24. The molecule has 0 saturated heterocycles. The van der Waals surface area contributed by atoms with Crippen molar-refractivity contribution in [1.82, 2.24) is 0 Å². The number of aliphatic hydroxyl groups is 2. The topological polar surface area (TPSA) is 40.5 Å². The molecule has 3 aliphatic carbocycles. The van der Waals surface area contributed by atoms with Crippen molar-refractivity contribution in [3.8, 4) is 0 Å². The summed E-state index contributed by atoms with van der Waals surface area (Å²) in [6.07, 6.45) is 7.57. The maximum atomic E-state index is 9.66. The average Bonchev–Trinajstić information content (AvgIpc) is 2.61. The second-order valence-electron chi connectivity index (χ2n) is 8.17. The van der Waals surface area contributed by atoms with Crippen molar-refractivity contribution in [1.29, 1.82) is 0 Å². The fourth-order valence-electron chi connectivity index (χ4n) is 5.48. The molecule has 2 heteroatoms. The average molecular weight is 252 g/mol. The predicted molar refractivity (Wildman–Crippen MR) is 72.0 cm³/mol. The van der Waals surface area contributed by atoms with Crippen LogP contribution in [-0.2, 0) is 0 Å². The number of hydrogen-bond donors (Lipinski definition) is 2. The van der Waals surface area contributed by atoms with Crippen molar-refractivity contribution in [2.24, 2.45) is 34.5 Å². The van der Waals surface area contributed by atoms with E-state index in [2.05, 4.69) is 13.8 Å². The Balaban J connectivity index is 1.80. The third kappa shape index (κ3) is 1.92. The standard InChI is InChI=1S/C16H28O2/c1-15(9-17)4-3-13-11-5-12(14(13)8-15)7-16(2,6-11)10-18/h11-14,17-18H,3-10H2,1-2H3. The molecule has 0 aromatic heterocycles. The van der Waals surface area contributed by atoms with Crippen molar-refractivity contribution < 1.29 is 10.2 Å². The highest BCUT2D eigenvalue weighted by Crippen LogP contribution is 2.62. The summed E-state index contributed by atoms with van der Waals surface area (Å²) in [6, 6.07) is 0. The van der Waals surface area contributed by atoms with Gasteiger partial charge in [0.2, 0.25) is 0 Å². The van der Waals surface area contributed by atoms with E-state index in [1.165, 1.54) is 38.5 Å². The number of fused-ring (bicyclic) bond motifs is 5. The molecule has 3 rings (SSSR count).